The van der Waals surface area contributed by atoms with Crippen molar-refractivity contribution >= 4 is 28.9 Å². The van der Waals surface area contributed by atoms with Crippen molar-refractivity contribution in [2.75, 3.05) is 24.8 Å². The molecular formula is C17H14F3N3O6. The van der Waals surface area contributed by atoms with Crippen molar-refractivity contribution in [2.45, 2.75) is 6.18 Å². The van der Waals surface area contributed by atoms with Crippen LogP contribution in [0.5, 0.6) is 5.75 Å². The molecule has 0 aromatic heterocycles. The van der Waals surface area contributed by atoms with E-state index in [0.29, 0.717) is 12.1 Å². The van der Waals surface area contributed by atoms with Crippen molar-refractivity contribution in [3.8, 4) is 5.75 Å². The van der Waals surface area contributed by atoms with Gasteiger partial charge in [0.25, 0.3) is 11.6 Å². The van der Waals surface area contributed by atoms with Gasteiger partial charge in [0, 0.05) is 5.69 Å². The largest absolute Gasteiger partial charge is 0.496 e. The molecule has 0 atom stereocenters. The van der Waals surface area contributed by atoms with Gasteiger partial charge >= 0.3 is 12.1 Å². The second-order valence-electron chi connectivity index (χ2n) is 5.56. The molecule has 2 aromatic carbocycles. The molecule has 0 unspecified atom stereocenters. The topological polar surface area (TPSA) is 134 Å². The van der Waals surface area contributed by atoms with Crippen molar-refractivity contribution in [3.05, 3.63) is 57.6 Å². The average molecular weight is 413 g/mol. The van der Waals surface area contributed by atoms with Crippen molar-refractivity contribution in [1.29, 1.82) is 0 Å². The number of alkyl halides is 3. The first kappa shape index (κ1) is 21.5. The highest BCUT2D eigenvalue weighted by Crippen LogP contribution is 2.31. The summed E-state index contributed by atoms with van der Waals surface area (Å²) in [6, 6.07) is 5.73. The summed E-state index contributed by atoms with van der Waals surface area (Å²) >= 11 is 0. The Hall–Kier alpha value is -3.83. The predicted octanol–water partition coefficient (Wildman–Crippen LogP) is 3.00. The van der Waals surface area contributed by atoms with E-state index in [1.54, 1.807) is 0 Å². The third kappa shape index (κ3) is 5.34. The zero-order chi connectivity index (χ0) is 21.8. The first-order chi connectivity index (χ1) is 13.5. The Bertz CT molecular complexity index is 962. The number of rotatable bonds is 6. The molecule has 0 radical (unpaired) electrons. The van der Waals surface area contributed by atoms with Gasteiger partial charge in [-0.15, -0.1) is 0 Å². The number of carbonyl (C=O) groups is 2. The van der Waals surface area contributed by atoms with Crippen molar-refractivity contribution < 1.29 is 37.2 Å². The fraction of sp³-hybridized carbons (Fsp3) is 0.176. The number of methoxy groups -OCH3 is 1. The second kappa shape index (κ2) is 8.46. The Balaban J connectivity index is 2.05. The van der Waals surface area contributed by atoms with E-state index in [0.717, 1.165) is 12.1 Å². The molecule has 0 fully saturated rings. The van der Waals surface area contributed by atoms with Gasteiger partial charge in [0.2, 0.25) is 0 Å². The van der Waals surface area contributed by atoms with E-state index in [1.807, 2.05) is 0 Å². The standard InChI is InChI=1S/C17H14F3N3O6/c1-28-10-3-5-13(14(7-10)23(26)27)22-15(24)8-29-16(25)11-4-2-9(6-12(11)21)17(18,19)20/h2-7H,8,21H2,1H3,(H,22,24). The number of anilines is 2. The van der Waals surface area contributed by atoms with Crippen LogP contribution in [-0.2, 0) is 15.7 Å². The summed E-state index contributed by atoms with van der Waals surface area (Å²) < 4.78 is 47.4. The van der Waals surface area contributed by atoms with Crippen LogP contribution in [0, 0.1) is 10.1 Å². The lowest BCUT2D eigenvalue weighted by atomic mass is 10.1. The van der Waals surface area contributed by atoms with Crippen molar-refractivity contribution in [3.63, 3.8) is 0 Å². The molecule has 0 heterocycles. The first-order valence-corrected chi connectivity index (χ1v) is 7.79. The number of benzene rings is 2. The molecule has 154 valence electrons. The van der Waals surface area contributed by atoms with E-state index in [2.05, 4.69) is 5.32 Å². The van der Waals surface area contributed by atoms with Gasteiger partial charge in [0.1, 0.15) is 11.4 Å². The predicted molar refractivity (Wildman–Crippen MR) is 94.4 cm³/mol. The molecule has 0 aliphatic carbocycles. The molecule has 0 spiro atoms. The molecule has 0 saturated heterocycles. The maximum absolute atomic E-state index is 12.6. The molecule has 9 nitrogen and oxygen atoms in total. The molecule has 2 rings (SSSR count). The number of halogens is 3. The summed E-state index contributed by atoms with van der Waals surface area (Å²) in [5.74, 6) is -1.84. The van der Waals surface area contributed by atoms with Gasteiger partial charge in [-0.25, -0.2) is 4.79 Å². The van der Waals surface area contributed by atoms with E-state index in [9.17, 15) is 32.9 Å². The van der Waals surface area contributed by atoms with Gasteiger partial charge in [-0.1, -0.05) is 0 Å². The second-order valence-corrected chi connectivity index (χ2v) is 5.56. The number of hydrogen-bond acceptors (Lipinski definition) is 7. The van der Waals surface area contributed by atoms with Gasteiger partial charge < -0.3 is 20.5 Å². The maximum atomic E-state index is 12.6. The number of ether oxygens (including phenoxy) is 2. The summed E-state index contributed by atoms with van der Waals surface area (Å²) in [5.41, 5.74) is 2.95. The van der Waals surface area contributed by atoms with Gasteiger partial charge in [0.15, 0.2) is 6.61 Å². The van der Waals surface area contributed by atoms with Crippen LogP contribution in [0.1, 0.15) is 15.9 Å². The fourth-order valence-corrected chi connectivity index (χ4v) is 2.22. The van der Waals surface area contributed by atoms with Crippen LogP contribution in [-0.4, -0.2) is 30.5 Å². The smallest absolute Gasteiger partial charge is 0.416 e. The van der Waals surface area contributed by atoms with Crippen LogP contribution in [0.4, 0.5) is 30.2 Å². The highest BCUT2D eigenvalue weighted by Gasteiger charge is 2.31. The zero-order valence-corrected chi connectivity index (χ0v) is 14.8. The average Bonchev–Trinajstić information content (AvgIpc) is 2.65. The molecule has 12 heteroatoms. The molecule has 2 aromatic rings. The highest BCUT2D eigenvalue weighted by atomic mass is 19.4. The number of nitrogens with zero attached hydrogens (tertiary/aromatic N) is 1. The quantitative estimate of drug-likeness (QED) is 0.322. The molecule has 0 aliphatic heterocycles. The monoisotopic (exact) mass is 413 g/mol. The summed E-state index contributed by atoms with van der Waals surface area (Å²) in [4.78, 5) is 34.2. The SMILES string of the molecule is COc1ccc(NC(=O)COC(=O)c2ccc(C(F)(F)F)cc2N)c([N+](=O)[O-])c1. The van der Waals surface area contributed by atoms with Gasteiger partial charge in [-0.05, 0) is 30.3 Å². The summed E-state index contributed by atoms with van der Waals surface area (Å²) in [5, 5.41) is 13.3. The summed E-state index contributed by atoms with van der Waals surface area (Å²) in [6.45, 7) is -0.845. The van der Waals surface area contributed by atoms with Crippen LogP contribution in [0.15, 0.2) is 36.4 Å². The highest BCUT2D eigenvalue weighted by molar-refractivity contribution is 5.99. The molecule has 0 aliphatic rings. The van der Waals surface area contributed by atoms with Crippen molar-refractivity contribution in [2.24, 2.45) is 0 Å². The van der Waals surface area contributed by atoms with E-state index >= 15 is 0 Å². The van der Waals surface area contributed by atoms with Gasteiger partial charge in [0.05, 0.1) is 29.2 Å². The molecular weight excluding hydrogens is 399 g/mol. The minimum absolute atomic E-state index is 0.161. The van der Waals surface area contributed by atoms with Crippen LogP contribution >= 0.6 is 0 Å². The van der Waals surface area contributed by atoms with Gasteiger partial charge in [-0.2, -0.15) is 13.2 Å². The number of nitrogen functional groups attached to an aromatic ring is 1. The number of nitro benzene ring substituents is 1. The molecule has 1 amide bonds. The third-order valence-corrected chi connectivity index (χ3v) is 3.61. The summed E-state index contributed by atoms with van der Waals surface area (Å²) in [7, 11) is 1.31. The van der Waals surface area contributed by atoms with E-state index < -0.39 is 46.5 Å². The zero-order valence-electron chi connectivity index (χ0n) is 14.8. The van der Waals surface area contributed by atoms with Crippen molar-refractivity contribution in [1.82, 2.24) is 0 Å². The molecule has 3 N–H and O–H groups in total. The Kier molecular flexibility index (Phi) is 6.26. The molecule has 29 heavy (non-hydrogen) atoms. The number of nitro groups is 1. The van der Waals surface area contributed by atoms with Crippen LogP contribution in [0.25, 0.3) is 0 Å². The number of amides is 1. The van der Waals surface area contributed by atoms with Crippen LogP contribution in [0.3, 0.4) is 0 Å². The maximum Gasteiger partial charge on any atom is 0.416 e. The van der Waals surface area contributed by atoms with Crippen LogP contribution in [0.2, 0.25) is 0 Å². The number of nitrogens with two attached hydrogens (primary N) is 1. The van der Waals surface area contributed by atoms with E-state index in [1.165, 1.54) is 19.2 Å². The third-order valence-electron chi connectivity index (χ3n) is 3.61. The molecule has 0 bridgehead atoms. The lowest BCUT2D eigenvalue weighted by Crippen LogP contribution is -2.22. The Morgan fingerprint density at radius 2 is 1.90 bits per heavy atom. The van der Waals surface area contributed by atoms with Gasteiger partial charge in [-0.3, -0.25) is 14.9 Å². The van der Waals surface area contributed by atoms with E-state index in [-0.39, 0.29) is 17.0 Å². The van der Waals surface area contributed by atoms with Crippen LogP contribution < -0.4 is 15.8 Å². The van der Waals surface area contributed by atoms with E-state index in [4.69, 9.17) is 15.2 Å². The lowest BCUT2D eigenvalue weighted by Gasteiger charge is -2.11. The molecule has 0 saturated carbocycles. The number of esters is 1. The lowest BCUT2D eigenvalue weighted by molar-refractivity contribution is -0.384. The minimum Gasteiger partial charge on any atom is -0.496 e. The number of carbonyl (C=O) groups excluding carboxylic acids is 2. The fourth-order valence-electron chi connectivity index (χ4n) is 2.22. The number of nitrogens with one attached hydrogen (secondary N) is 1. The Labute approximate surface area is 161 Å². The Morgan fingerprint density at radius 1 is 1.21 bits per heavy atom. The minimum atomic E-state index is -4.64. The normalized spacial score (nSPS) is 10.9. The number of hydrogen-bond donors (Lipinski definition) is 2. The summed E-state index contributed by atoms with van der Waals surface area (Å²) in [6.07, 6.45) is -4.64. The Morgan fingerprint density at radius 3 is 2.45 bits per heavy atom. The first-order valence-electron chi connectivity index (χ1n) is 7.79.